The number of rotatable bonds is 4. The highest BCUT2D eigenvalue weighted by atomic mass is 35.5. The molecule has 0 N–H and O–H groups in total. The Labute approximate surface area is 136 Å². The van der Waals surface area contributed by atoms with Crippen LogP contribution in [-0.4, -0.2) is 5.78 Å². The monoisotopic (exact) mass is 327 g/mol. The Kier molecular flexibility index (Phi) is 4.10. The highest BCUT2D eigenvalue weighted by Gasteiger charge is 2.20. The summed E-state index contributed by atoms with van der Waals surface area (Å²) >= 11 is 7.28. The van der Waals surface area contributed by atoms with Crippen LogP contribution < -0.4 is 0 Å². The standard InChI is InChI=1S/C17H10ClNO2S/c1-19-10-12-9-15(16(20)14-3-2-8-21-14)22-17(12)11-4-6-13(18)7-5-11/h2-9H,10H2. The summed E-state index contributed by atoms with van der Waals surface area (Å²) < 4.78 is 5.16. The van der Waals surface area contributed by atoms with E-state index < -0.39 is 0 Å². The largest absolute Gasteiger partial charge is 0.461 e. The molecule has 22 heavy (non-hydrogen) atoms. The van der Waals surface area contributed by atoms with Crippen molar-refractivity contribution in [3.05, 3.63) is 81.4 Å². The summed E-state index contributed by atoms with van der Waals surface area (Å²) in [6.45, 7) is 7.33. The molecule has 2 heterocycles. The summed E-state index contributed by atoms with van der Waals surface area (Å²) in [6.07, 6.45) is 1.47. The van der Waals surface area contributed by atoms with E-state index in [1.54, 1.807) is 30.3 Å². The molecule has 0 aliphatic rings. The Hall–Kier alpha value is -2.35. The van der Waals surface area contributed by atoms with Crippen molar-refractivity contribution in [1.82, 2.24) is 0 Å². The molecular formula is C17H10ClNO2S. The van der Waals surface area contributed by atoms with E-state index in [1.807, 2.05) is 12.1 Å². The normalized spacial score (nSPS) is 10.4. The van der Waals surface area contributed by atoms with E-state index in [0.29, 0.717) is 15.7 Å². The molecule has 3 aromatic rings. The second-order valence-corrected chi connectivity index (χ2v) is 6.08. The molecule has 0 atom stereocenters. The van der Waals surface area contributed by atoms with E-state index in [2.05, 4.69) is 4.85 Å². The van der Waals surface area contributed by atoms with Gasteiger partial charge in [-0.05, 0) is 35.9 Å². The molecule has 0 aliphatic heterocycles. The van der Waals surface area contributed by atoms with Crippen LogP contribution in [0.15, 0.2) is 53.1 Å². The van der Waals surface area contributed by atoms with Gasteiger partial charge in [0, 0.05) is 15.5 Å². The molecule has 0 bridgehead atoms. The molecule has 3 nitrogen and oxygen atoms in total. The number of benzene rings is 1. The topological polar surface area (TPSA) is 34.6 Å². The van der Waals surface area contributed by atoms with Gasteiger partial charge >= 0.3 is 0 Å². The number of ketones is 1. The Bertz CT molecular complexity index is 842. The minimum atomic E-state index is -0.165. The molecule has 0 unspecified atom stereocenters. The summed E-state index contributed by atoms with van der Waals surface area (Å²) in [4.78, 5) is 17.3. The number of hydrogen-bond acceptors (Lipinski definition) is 3. The number of thiophene rings is 1. The molecule has 5 heteroatoms. The lowest BCUT2D eigenvalue weighted by Crippen LogP contribution is -1.95. The quantitative estimate of drug-likeness (QED) is 0.480. The highest BCUT2D eigenvalue weighted by Crippen LogP contribution is 2.35. The van der Waals surface area contributed by atoms with Crippen molar-refractivity contribution in [2.75, 3.05) is 0 Å². The van der Waals surface area contributed by atoms with Crippen molar-refractivity contribution >= 4 is 28.7 Å². The van der Waals surface area contributed by atoms with E-state index in [9.17, 15) is 4.79 Å². The fourth-order valence-corrected chi connectivity index (χ4v) is 3.37. The van der Waals surface area contributed by atoms with Crippen LogP contribution in [0.4, 0.5) is 0 Å². The van der Waals surface area contributed by atoms with E-state index >= 15 is 0 Å². The Morgan fingerprint density at radius 1 is 1.27 bits per heavy atom. The van der Waals surface area contributed by atoms with Gasteiger partial charge in [0.15, 0.2) is 5.76 Å². The summed E-state index contributed by atoms with van der Waals surface area (Å²) in [5.74, 6) is 0.139. The minimum absolute atomic E-state index is 0.165. The van der Waals surface area contributed by atoms with Crippen molar-refractivity contribution in [3.8, 4) is 10.4 Å². The van der Waals surface area contributed by atoms with Gasteiger partial charge in [0.25, 0.3) is 0 Å². The van der Waals surface area contributed by atoms with Crippen LogP contribution >= 0.6 is 22.9 Å². The third-order valence-electron chi connectivity index (χ3n) is 3.13. The van der Waals surface area contributed by atoms with Gasteiger partial charge in [-0.2, -0.15) is 0 Å². The molecule has 0 amide bonds. The van der Waals surface area contributed by atoms with Gasteiger partial charge in [-0.25, -0.2) is 6.57 Å². The zero-order valence-electron chi connectivity index (χ0n) is 11.4. The minimum Gasteiger partial charge on any atom is -0.461 e. The molecule has 0 spiro atoms. The van der Waals surface area contributed by atoms with Crippen molar-refractivity contribution in [3.63, 3.8) is 0 Å². The summed E-state index contributed by atoms with van der Waals surface area (Å²) in [6, 6.07) is 12.5. The first-order valence-electron chi connectivity index (χ1n) is 6.49. The van der Waals surface area contributed by atoms with Crippen LogP contribution in [0.2, 0.25) is 5.02 Å². The van der Waals surface area contributed by atoms with Crippen LogP contribution in [0.3, 0.4) is 0 Å². The fraction of sp³-hybridized carbons (Fsp3) is 0.0588. The van der Waals surface area contributed by atoms with Crippen LogP contribution in [0, 0.1) is 6.57 Å². The van der Waals surface area contributed by atoms with Gasteiger partial charge in [-0.1, -0.05) is 23.7 Å². The molecule has 0 fully saturated rings. The first-order chi connectivity index (χ1) is 10.7. The highest BCUT2D eigenvalue weighted by molar-refractivity contribution is 7.17. The van der Waals surface area contributed by atoms with Crippen LogP contribution in [0.1, 0.15) is 21.0 Å². The van der Waals surface area contributed by atoms with Crippen molar-refractivity contribution in [2.24, 2.45) is 0 Å². The van der Waals surface area contributed by atoms with Crippen LogP contribution in [0.5, 0.6) is 0 Å². The molecule has 0 radical (unpaired) electrons. The predicted octanol–water partition coefficient (Wildman–Crippen LogP) is 5.31. The molecule has 0 aliphatic carbocycles. The van der Waals surface area contributed by atoms with Gasteiger partial charge in [0.05, 0.1) is 11.1 Å². The van der Waals surface area contributed by atoms with Crippen LogP contribution in [0.25, 0.3) is 15.3 Å². The van der Waals surface area contributed by atoms with E-state index in [-0.39, 0.29) is 12.3 Å². The molecule has 108 valence electrons. The average Bonchev–Trinajstić information content (AvgIpc) is 3.17. The fourth-order valence-electron chi connectivity index (χ4n) is 2.12. The maximum atomic E-state index is 12.4. The molecule has 0 saturated heterocycles. The zero-order valence-corrected chi connectivity index (χ0v) is 12.9. The van der Waals surface area contributed by atoms with E-state index in [4.69, 9.17) is 22.6 Å². The smallest absolute Gasteiger partial charge is 0.241 e. The summed E-state index contributed by atoms with van der Waals surface area (Å²) in [5.41, 5.74) is 1.80. The zero-order chi connectivity index (χ0) is 15.5. The van der Waals surface area contributed by atoms with Crippen LogP contribution in [-0.2, 0) is 6.54 Å². The van der Waals surface area contributed by atoms with Gasteiger partial charge in [-0.3, -0.25) is 4.79 Å². The second kappa shape index (κ2) is 6.18. The number of halogens is 1. The summed E-state index contributed by atoms with van der Waals surface area (Å²) in [7, 11) is 0. The predicted molar refractivity (Wildman–Crippen MR) is 87.2 cm³/mol. The lowest BCUT2D eigenvalue weighted by Gasteiger charge is -1.99. The number of carbonyl (C=O) groups is 1. The number of furan rings is 1. The first kappa shape index (κ1) is 14.6. The average molecular weight is 328 g/mol. The maximum Gasteiger partial charge on any atom is 0.241 e. The maximum absolute atomic E-state index is 12.4. The van der Waals surface area contributed by atoms with Gasteiger partial charge < -0.3 is 9.26 Å². The molecule has 3 rings (SSSR count). The Morgan fingerprint density at radius 2 is 2.05 bits per heavy atom. The number of carbonyl (C=O) groups excluding carboxylic acids is 1. The van der Waals surface area contributed by atoms with Crippen molar-refractivity contribution in [2.45, 2.75) is 6.54 Å². The first-order valence-corrected chi connectivity index (χ1v) is 7.68. The molecule has 0 saturated carbocycles. The lowest BCUT2D eigenvalue weighted by atomic mass is 10.1. The molecule has 1 aromatic carbocycles. The van der Waals surface area contributed by atoms with Crippen molar-refractivity contribution in [1.29, 1.82) is 0 Å². The Balaban J connectivity index is 2.04. The van der Waals surface area contributed by atoms with Gasteiger partial charge in [0.1, 0.15) is 0 Å². The van der Waals surface area contributed by atoms with Gasteiger partial charge in [-0.15, -0.1) is 11.3 Å². The Morgan fingerprint density at radius 3 is 2.68 bits per heavy atom. The second-order valence-electron chi connectivity index (χ2n) is 4.59. The summed E-state index contributed by atoms with van der Waals surface area (Å²) in [5, 5.41) is 0.652. The third-order valence-corrected chi connectivity index (χ3v) is 4.61. The van der Waals surface area contributed by atoms with E-state index in [1.165, 1.54) is 17.6 Å². The number of hydrogen-bond donors (Lipinski definition) is 0. The third kappa shape index (κ3) is 2.82. The number of nitrogens with zero attached hydrogens (tertiary/aromatic N) is 1. The SMILES string of the molecule is [C-]#[N+]Cc1cc(C(=O)c2ccco2)sc1-c1ccc(Cl)cc1. The lowest BCUT2D eigenvalue weighted by molar-refractivity contribution is 0.101. The van der Waals surface area contributed by atoms with Crippen molar-refractivity contribution < 1.29 is 9.21 Å². The van der Waals surface area contributed by atoms with Gasteiger partial charge in [0.2, 0.25) is 12.3 Å². The molecule has 2 aromatic heterocycles. The van der Waals surface area contributed by atoms with E-state index in [0.717, 1.165) is 16.0 Å². The molecular weight excluding hydrogens is 318 g/mol.